The lowest BCUT2D eigenvalue weighted by atomic mass is 10.0. The van der Waals surface area contributed by atoms with E-state index in [0.29, 0.717) is 104 Å². The van der Waals surface area contributed by atoms with Gasteiger partial charge >= 0.3 is 7.60 Å². The highest BCUT2D eigenvalue weighted by Gasteiger charge is 2.38. The van der Waals surface area contributed by atoms with Crippen LogP contribution in [0.5, 0.6) is 0 Å². The second kappa shape index (κ2) is 35.8. The quantitative estimate of drug-likeness (QED) is 0.0239. The van der Waals surface area contributed by atoms with Crippen LogP contribution in [0.2, 0.25) is 0 Å². The topological polar surface area (TPSA) is 360 Å². The number of hydrogen-bond donors (Lipinski definition) is 9. The number of likely N-dealkylation sites (tertiary alicyclic amines) is 1. The molecular weight excluding hydrogens is 947 g/mol. The predicted molar refractivity (Wildman–Crippen MR) is 249 cm³/mol. The Hall–Kier alpha value is -4.18. The zero-order valence-electron chi connectivity index (χ0n) is 40.8. The van der Waals surface area contributed by atoms with E-state index in [4.69, 9.17) is 43.6 Å². The Balaban J connectivity index is 1.79. The first-order valence-corrected chi connectivity index (χ1v) is 25.2. The van der Waals surface area contributed by atoms with E-state index in [1.54, 1.807) is 7.11 Å². The monoisotopic (exact) mass is 1020 g/mol. The van der Waals surface area contributed by atoms with Gasteiger partial charge in [0.05, 0.1) is 125 Å². The molecule has 0 spiro atoms. The number of aromatic amines is 1. The SMILES string of the molecule is COCCOCCOCCOCCOCCOCCOCCOCCC(=O)N1CCC[C@H]1C(=O)N[C@@H](CC(C)C)C(=O)N[C@@H](Cc1cnc[nH]1)C(=O)N[C@@H](CO)C(=O)N[C@H](C(N)=O)[C@@H](C)CP(=O)(O)O. The summed E-state index contributed by atoms with van der Waals surface area (Å²) < 4.78 is 54.7. The summed E-state index contributed by atoms with van der Waals surface area (Å²) in [5, 5.41) is 20.0. The van der Waals surface area contributed by atoms with Gasteiger partial charge in [0.15, 0.2) is 0 Å². The zero-order valence-corrected chi connectivity index (χ0v) is 41.7. The minimum Gasteiger partial charge on any atom is -0.394 e. The lowest BCUT2D eigenvalue weighted by molar-refractivity contribution is -0.140. The van der Waals surface area contributed by atoms with Crippen molar-refractivity contribution >= 4 is 43.0 Å². The molecule has 1 aromatic rings. The molecule has 0 saturated carbocycles. The summed E-state index contributed by atoms with van der Waals surface area (Å²) in [6.45, 7) is 10.4. The van der Waals surface area contributed by atoms with Crippen LogP contribution < -0.4 is 27.0 Å². The van der Waals surface area contributed by atoms with Crippen molar-refractivity contribution in [3.63, 3.8) is 0 Å². The molecule has 0 bridgehead atoms. The third-order valence-corrected chi connectivity index (χ3v) is 11.5. The largest absolute Gasteiger partial charge is 0.394 e. The molecule has 2 heterocycles. The molecule has 402 valence electrons. The third-order valence-electron chi connectivity index (χ3n) is 10.5. The maximum Gasteiger partial charge on any atom is 0.325 e. The molecule has 2 rings (SSSR count). The Labute approximate surface area is 408 Å². The molecular formula is C43H77N8O18P. The summed E-state index contributed by atoms with van der Waals surface area (Å²) in [6, 6.07) is -6.66. The van der Waals surface area contributed by atoms with Crippen LogP contribution in [0.15, 0.2) is 12.5 Å². The standard InChI is InChI=1S/C43H77N8O18P/c1-30(2)24-33(40(55)47-34(25-32-26-45-29-46-32)41(56)49-35(27-52)42(57)50-38(39(44)54)31(3)28-70(59,60)61)48-43(58)36-6-5-8-51(36)37(53)7-9-63-12-13-65-16-17-67-20-21-69-23-22-68-19-18-66-15-14-64-11-10-62-4/h26,29-31,33-36,38,52H,5-25,27-28H2,1-4H3,(H2,44,54)(H,45,46)(H,47,55)(H,48,58)(H,49,56)(H,50,57)(H2,59,60,61)/t31-,33-,34-,35-,36-,38-/m0/s1. The van der Waals surface area contributed by atoms with E-state index in [1.165, 1.54) is 24.3 Å². The minimum atomic E-state index is -4.61. The molecule has 1 aliphatic rings. The van der Waals surface area contributed by atoms with Crippen molar-refractivity contribution in [1.29, 1.82) is 0 Å². The number of hydrogen-bond acceptors (Lipinski definition) is 17. The number of nitrogens with two attached hydrogens (primary N) is 1. The predicted octanol–water partition coefficient (Wildman–Crippen LogP) is -2.63. The van der Waals surface area contributed by atoms with Crippen molar-refractivity contribution < 1.29 is 86.1 Å². The van der Waals surface area contributed by atoms with Crippen LogP contribution in [-0.4, -0.2) is 221 Å². The van der Waals surface area contributed by atoms with Crippen molar-refractivity contribution in [2.45, 2.75) is 83.1 Å². The average molecular weight is 1030 g/mol. The molecule has 1 aromatic heterocycles. The van der Waals surface area contributed by atoms with Gasteiger partial charge < -0.3 is 89.7 Å². The Kier molecular flexibility index (Phi) is 31.7. The van der Waals surface area contributed by atoms with E-state index < -0.39 is 86.0 Å². The normalized spacial score (nSPS) is 16.1. The van der Waals surface area contributed by atoms with Crippen molar-refractivity contribution in [3.8, 4) is 0 Å². The van der Waals surface area contributed by atoms with E-state index >= 15 is 0 Å². The number of aliphatic hydroxyl groups is 1. The maximum atomic E-state index is 13.9. The zero-order chi connectivity index (χ0) is 51.7. The van der Waals surface area contributed by atoms with Crippen molar-refractivity contribution in [2.24, 2.45) is 17.6 Å². The van der Waals surface area contributed by atoms with Crippen molar-refractivity contribution in [3.05, 3.63) is 18.2 Å². The molecule has 27 heteroatoms. The van der Waals surface area contributed by atoms with Crippen LogP contribution in [0.25, 0.3) is 0 Å². The average Bonchev–Trinajstić information content (AvgIpc) is 4.02. The third kappa shape index (κ3) is 26.9. The van der Waals surface area contributed by atoms with Gasteiger partial charge in [0.2, 0.25) is 35.4 Å². The summed E-state index contributed by atoms with van der Waals surface area (Å²) in [5.74, 6) is -5.97. The van der Waals surface area contributed by atoms with Gasteiger partial charge in [-0.15, -0.1) is 0 Å². The second-order valence-corrected chi connectivity index (χ2v) is 18.5. The van der Waals surface area contributed by atoms with Gasteiger partial charge in [-0.2, -0.15) is 0 Å². The Morgan fingerprint density at radius 3 is 1.69 bits per heavy atom. The number of methoxy groups -OCH3 is 1. The van der Waals surface area contributed by atoms with Crippen LogP contribution in [0, 0.1) is 11.8 Å². The maximum absolute atomic E-state index is 13.9. The highest BCUT2D eigenvalue weighted by molar-refractivity contribution is 7.51. The van der Waals surface area contributed by atoms with Gasteiger partial charge in [0.25, 0.3) is 0 Å². The van der Waals surface area contributed by atoms with Crippen LogP contribution >= 0.6 is 7.60 Å². The van der Waals surface area contributed by atoms with Crippen molar-refractivity contribution in [1.82, 2.24) is 36.1 Å². The lowest BCUT2D eigenvalue weighted by Gasteiger charge is -2.29. The second-order valence-electron chi connectivity index (χ2n) is 16.8. The Morgan fingerprint density at radius 1 is 0.743 bits per heavy atom. The number of ether oxygens (including phenoxy) is 8. The van der Waals surface area contributed by atoms with E-state index in [1.807, 2.05) is 13.8 Å². The molecule has 1 saturated heterocycles. The van der Waals surface area contributed by atoms with Gasteiger partial charge in [0.1, 0.15) is 30.2 Å². The van der Waals surface area contributed by atoms with Gasteiger partial charge in [-0.05, 0) is 31.1 Å². The highest BCUT2D eigenvalue weighted by atomic mass is 31.2. The smallest absolute Gasteiger partial charge is 0.325 e. The fraction of sp³-hybridized carbons (Fsp3) is 0.791. The first-order chi connectivity index (χ1) is 33.5. The lowest BCUT2D eigenvalue weighted by Crippen LogP contribution is -2.60. The summed E-state index contributed by atoms with van der Waals surface area (Å²) in [6.07, 6.45) is 2.87. The van der Waals surface area contributed by atoms with Gasteiger partial charge in [0, 0.05) is 32.0 Å². The summed E-state index contributed by atoms with van der Waals surface area (Å²) in [4.78, 5) is 107. The molecule has 0 aromatic carbocycles. The van der Waals surface area contributed by atoms with Crippen molar-refractivity contribution in [2.75, 3.05) is 126 Å². The van der Waals surface area contributed by atoms with Crippen LogP contribution in [0.1, 0.15) is 52.1 Å². The number of primary amides is 1. The fourth-order valence-corrected chi connectivity index (χ4v) is 7.93. The summed E-state index contributed by atoms with van der Waals surface area (Å²) in [7, 11) is -3.00. The fourth-order valence-electron chi connectivity index (χ4n) is 6.97. The number of aliphatic hydroxyl groups excluding tert-OH is 1. The van der Waals surface area contributed by atoms with Crippen LogP contribution in [-0.2, 0) is 77.6 Å². The molecule has 26 nitrogen and oxygen atoms in total. The van der Waals surface area contributed by atoms with Gasteiger partial charge in [-0.1, -0.05) is 20.8 Å². The number of carbonyl (C=O) groups excluding carboxylic acids is 6. The molecule has 1 fully saturated rings. The number of carbonyl (C=O) groups is 6. The van der Waals surface area contributed by atoms with Gasteiger partial charge in [-0.3, -0.25) is 33.3 Å². The molecule has 6 amide bonds. The molecule has 6 atom stereocenters. The number of nitrogens with zero attached hydrogens (tertiary/aromatic N) is 2. The number of amides is 6. The highest BCUT2D eigenvalue weighted by Crippen LogP contribution is 2.37. The first kappa shape index (κ1) is 61.9. The molecule has 0 radical (unpaired) electrons. The number of H-pyrrole nitrogens is 1. The molecule has 1 aliphatic heterocycles. The van der Waals surface area contributed by atoms with E-state index in [9.17, 15) is 48.2 Å². The Morgan fingerprint density at radius 2 is 1.23 bits per heavy atom. The van der Waals surface area contributed by atoms with Crippen LogP contribution in [0.4, 0.5) is 0 Å². The molecule has 10 N–H and O–H groups in total. The summed E-state index contributed by atoms with van der Waals surface area (Å²) in [5.41, 5.74) is 5.79. The number of nitrogens with one attached hydrogen (secondary N) is 5. The molecule has 0 aliphatic carbocycles. The van der Waals surface area contributed by atoms with E-state index in [2.05, 4.69) is 31.2 Å². The summed E-state index contributed by atoms with van der Waals surface area (Å²) >= 11 is 0. The van der Waals surface area contributed by atoms with Crippen LogP contribution in [0.3, 0.4) is 0 Å². The Bertz CT molecular complexity index is 1710. The minimum absolute atomic E-state index is 0.0135. The molecule has 70 heavy (non-hydrogen) atoms. The van der Waals surface area contributed by atoms with E-state index in [-0.39, 0.29) is 50.9 Å². The first-order valence-electron chi connectivity index (χ1n) is 23.4. The van der Waals surface area contributed by atoms with E-state index in [0.717, 1.165) is 0 Å². The molecule has 0 unspecified atom stereocenters. The number of rotatable bonds is 41. The van der Waals surface area contributed by atoms with Gasteiger partial charge in [-0.25, -0.2) is 4.98 Å². The number of aromatic nitrogens is 2. The number of imidazole rings is 1.